The van der Waals surface area contributed by atoms with E-state index in [2.05, 4.69) is 34.5 Å². The third-order valence-electron chi connectivity index (χ3n) is 4.51. The zero-order chi connectivity index (χ0) is 17.5. The summed E-state index contributed by atoms with van der Waals surface area (Å²) in [5.74, 6) is 2.28. The molecular weight excluding hydrogens is 304 g/mol. The van der Waals surface area contributed by atoms with Crippen molar-refractivity contribution in [3.05, 3.63) is 23.8 Å². The fourth-order valence-electron chi connectivity index (χ4n) is 2.63. The molecule has 134 valence electrons. The zero-order valence-corrected chi connectivity index (χ0v) is 15.4. The molecule has 0 amide bonds. The van der Waals surface area contributed by atoms with Gasteiger partial charge in [0.15, 0.2) is 17.5 Å². The van der Waals surface area contributed by atoms with Crippen molar-refractivity contribution in [3.8, 4) is 11.5 Å². The zero-order valence-electron chi connectivity index (χ0n) is 15.4. The predicted octanol–water partition coefficient (Wildman–Crippen LogP) is 1.85. The largest absolute Gasteiger partial charge is 0.493 e. The van der Waals surface area contributed by atoms with Gasteiger partial charge in [-0.1, -0.05) is 6.07 Å². The molecule has 6 nitrogen and oxygen atoms in total. The van der Waals surface area contributed by atoms with Crippen LogP contribution in [-0.4, -0.2) is 57.8 Å². The lowest BCUT2D eigenvalue weighted by atomic mass is 10.2. The molecule has 0 radical (unpaired) electrons. The fourth-order valence-corrected chi connectivity index (χ4v) is 2.63. The third-order valence-corrected chi connectivity index (χ3v) is 4.51. The Morgan fingerprint density at radius 1 is 1.25 bits per heavy atom. The molecule has 1 aliphatic rings. The molecule has 2 rings (SSSR count). The lowest BCUT2D eigenvalue weighted by Crippen LogP contribution is -2.45. The first kappa shape index (κ1) is 18.4. The number of guanidine groups is 1. The first-order chi connectivity index (χ1) is 11.6. The molecule has 1 fully saturated rings. The van der Waals surface area contributed by atoms with Crippen LogP contribution in [0.4, 0.5) is 0 Å². The van der Waals surface area contributed by atoms with Gasteiger partial charge in [0.05, 0.1) is 14.2 Å². The number of likely N-dealkylation sites (N-methyl/N-ethyl adjacent to an activating group) is 1. The Bertz CT molecular complexity index is 558. The summed E-state index contributed by atoms with van der Waals surface area (Å²) < 4.78 is 10.6. The Morgan fingerprint density at radius 2 is 1.96 bits per heavy atom. The number of nitrogens with zero attached hydrogens (tertiary/aromatic N) is 2. The molecule has 0 spiro atoms. The summed E-state index contributed by atoms with van der Waals surface area (Å²) in [6, 6.07) is 7.16. The predicted molar refractivity (Wildman–Crippen MR) is 98.0 cm³/mol. The molecule has 6 heteroatoms. The van der Waals surface area contributed by atoms with Crippen LogP contribution in [0.1, 0.15) is 25.3 Å². The minimum absolute atomic E-state index is 0.483. The molecule has 1 saturated carbocycles. The second-order valence-corrected chi connectivity index (χ2v) is 6.24. The van der Waals surface area contributed by atoms with E-state index in [4.69, 9.17) is 9.47 Å². The second-order valence-electron chi connectivity index (χ2n) is 6.24. The first-order valence-electron chi connectivity index (χ1n) is 8.46. The molecule has 0 heterocycles. The number of rotatable bonds is 8. The summed E-state index contributed by atoms with van der Waals surface area (Å²) in [6.07, 6.45) is 2.65. The molecular formula is C18H30N4O2. The molecule has 0 saturated heterocycles. The number of methoxy groups -OCH3 is 2. The minimum Gasteiger partial charge on any atom is -0.493 e. The quantitative estimate of drug-likeness (QED) is 0.561. The Balaban J connectivity index is 1.82. The van der Waals surface area contributed by atoms with Gasteiger partial charge < -0.3 is 20.1 Å². The molecule has 1 aliphatic carbocycles. The van der Waals surface area contributed by atoms with Crippen LogP contribution in [-0.2, 0) is 6.54 Å². The SMILES string of the molecule is CN=C(NCc1ccc(OC)c(OC)c1)NCC(C)N(C)C1CC1. The number of ether oxygens (including phenoxy) is 2. The summed E-state index contributed by atoms with van der Waals surface area (Å²) in [5, 5.41) is 6.73. The van der Waals surface area contributed by atoms with Crippen LogP contribution in [0.5, 0.6) is 11.5 Å². The highest BCUT2D eigenvalue weighted by Gasteiger charge is 2.28. The minimum atomic E-state index is 0.483. The molecule has 1 unspecified atom stereocenters. The normalized spacial score (nSPS) is 16.0. The Hall–Kier alpha value is -1.95. The number of hydrogen-bond acceptors (Lipinski definition) is 4. The van der Waals surface area contributed by atoms with E-state index in [0.29, 0.717) is 12.6 Å². The summed E-state index contributed by atoms with van der Waals surface area (Å²) in [4.78, 5) is 6.73. The van der Waals surface area contributed by atoms with Crippen LogP contribution < -0.4 is 20.1 Å². The number of aliphatic imine (C=N–C) groups is 1. The van der Waals surface area contributed by atoms with E-state index in [1.165, 1.54) is 12.8 Å². The Morgan fingerprint density at radius 3 is 2.54 bits per heavy atom. The Kier molecular flexibility index (Phi) is 6.73. The number of benzene rings is 1. The maximum Gasteiger partial charge on any atom is 0.191 e. The number of hydrogen-bond donors (Lipinski definition) is 2. The van der Waals surface area contributed by atoms with E-state index >= 15 is 0 Å². The van der Waals surface area contributed by atoms with E-state index in [-0.39, 0.29) is 0 Å². The van der Waals surface area contributed by atoms with Crippen LogP contribution in [0, 0.1) is 0 Å². The van der Waals surface area contributed by atoms with Gasteiger partial charge in [0.25, 0.3) is 0 Å². The van der Waals surface area contributed by atoms with E-state index in [9.17, 15) is 0 Å². The van der Waals surface area contributed by atoms with Gasteiger partial charge in [-0.05, 0) is 44.5 Å². The van der Waals surface area contributed by atoms with Gasteiger partial charge >= 0.3 is 0 Å². The smallest absolute Gasteiger partial charge is 0.191 e. The van der Waals surface area contributed by atoms with Crippen molar-refractivity contribution in [2.45, 2.75) is 38.4 Å². The van der Waals surface area contributed by atoms with Gasteiger partial charge in [-0.3, -0.25) is 9.89 Å². The maximum absolute atomic E-state index is 5.34. The molecule has 0 aromatic heterocycles. The topological polar surface area (TPSA) is 58.1 Å². The van der Waals surface area contributed by atoms with E-state index < -0.39 is 0 Å². The van der Waals surface area contributed by atoms with Crippen LogP contribution in [0.25, 0.3) is 0 Å². The molecule has 1 aromatic rings. The van der Waals surface area contributed by atoms with E-state index in [1.54, 1.807) is 21.3 Å². The summed E-state index contributed by atoms with van der Waals surface area (Å²) in [6.45, 7) is 3.79. The molecule has 0 bridgehead atoms. The van der Waals surface area contributed by atoms with Crippen molar-refractivity contribution >= 4 is 5.96 Å². The van der Waals surface area contributed by atoms with Gasteiger partial charge in [0.2, 0.25) is 0 Å². The molecule has 1 atom stereocenters. The first-order valence-corrected chi connectivity index (χ1v) is 8.46. The summed E-state index contributed by atoms with van der Waals surface area (Å²) >= 11 is 0. The van der Waals surface area contributed by atoms with Crippen LogP contribution in [0.15, 0.2) is 23.2 Å². The second kappa shape index (κ2) is 8.78. The maximum atomic E-state index is 5.34. The van der Waals surface area contributed by atoms with Crippen molar-refractivity contribution in [1.29, 1.82) is 0 Å². The van der Waals surface area contributed by atoms with Crippen LogP contribution in [0.3, 0.4) is 0 Å². The fraction of sp³-hybridized carbons (Fsp3) is 0.611. The van der Waals surface area contributed by atoms with Crippen LogP contribution in [0.2, 0.25) is 0 Å². The summed E-state index contributed by atoms with van der Waals surface area (Å²) in [7, 11) is 7.28. The van der Waals surface area contributed by atoms with E-state index in [1.807, 2.05) is 18.2 Å². The van der Waals surface area contributed by atoms with Gasteiger partial charge in [-0.25, -0.2) is 0 Å². The van der Waals surface area contributed by atoms with E-state index in [0.717, 1.165) is 35.6 Å². The van der Waals surface area contributed by atoms with Gasteiger partial charge in [0, 0.05) is 32.2 Å². The molecule has 2 N–H and O–H groups in total. The van der Waals surface area contributed by atoms with Crippen molar-refractivity contribution < 1.29 is 9.47 Å². The highest BCUT2D eigenvalue weighted by Crippen LogP contribution is 2.27. The molecule has 1 aromatic carbocycles. The lowest BCUT2D eigenvalue weighted by Gasteiger charge is -2.25. The molecule has 24 heavy (non-hydrogen) atoms. The monoisotopic (exact) mass is 334 g/mol. The van der Waals surface area contributed by atoms with Gasteiger partial charge in [0.1, 0.15) is 0 Å². The standard InChI is InChI=1S/C18H30N4O2/c1-13(22(3)15-7-8-15)11-20-18(19-2)21-12-14-6-9-16(23-4)17(10-14)24-5/h6,9-10,13,15H,7-8,11-12H2,1-5H3,(H2,19,20,21). The van der Waals surface area contributed by atoms with Crippen molar-refractivity contribution in [3.63, 3.8) is 0 Å². The average molecular weight is 334 g/mol. The highest BCUT2D eigenvalue weighted by atomic mass is 16.5. The third kappa shape index (κ3) is 5.03. The molecule has 0 aliphatic heterocycles. The lowest BCUT2D eigenvalue weighted by molar-refractivity contribution is 0.247. The van der Waals surface area contributed by atoms with Gasteiger partial charge in [-0.2, -0.15) is 0 Å². The van der Waals surface area contributed by atoms with Crippen molar-refractivity contribution in [2.24, 2.45) is 4.99 Å². The number of nitrogens with one attached hydrogen (secondary N) is 2. The van der Waals surface area contributed by atoms with Crippen LogP contribution >= 0.6 is 0 Å². The van der Waals surface area contributed by atoms with Crippen molar-refractivity contribution in [2.75, 3.05) is 34.9 Å². The highest BCUT2D eigenvalue weighted by molar-refractivity contribution is 5.79. The summed E-state index contributed by atoms with van der Waals surface area (Å²) in [5.41, 5.74) is 1.11. The Labute approximate surface area is 145 Å². The van der Waals surface area contributed by atoms with Gasteiger partial charge in [-0.15, -0.1) is 0 Å². The average Bonchev–Trinajstić information content (AvgIpc) is 3.45. The van der Waals surface area contributed by atoms with Crippen molar-refractivity contribution in [1.82, 2.24) is 15.5 Å².